The molecule has 0 N–H and O–H groups in total. The minimum atomic E-state index is -4.73. The third-order valence-electron chi connectivity index (χ3n) is 2.77. The van der Waals surface area contributed by atoms with Crippen molar-refractivity contribution >= 4 is 5.97 Å². The van der Waals surface area contributed by atoms with Crippen LogP contribution in [0.1, 0.15) is 32.8 Å². The Balaban J connectivity index is 2.78. The van der Waals surface area contributed by atoms with Crippen LogP contribution in [0.2, 0.25) is 0 Å². The van der Waals surface area contributed by atoms with Crippen LogP contribution in [0.15, 0.2) is 24.3 Å². The van der Waals surface area contributed by atoms with Crippen molar-refractivity contribution in [3.63, 3.8) is 0 Å². The Morgan fingerprint density at radius 3 is 2.48 bits per heavy atom. The van der Waals surface area contributed by atoms with Gasteiger partial charge in [0.15, 0.2) is 0 Å². The smallest absolute Gasteiger partial charge is 0.465 e. The Morgan fingerprint density at radius 1 is 1.24 bits per heavy atom. The normalized spacial score (nSPS) is 12.1. The van der Waals surface area contributed by atoms with Gasteiger partial charge in [0.1, 0.15) is 5.75 Å². The minimum absolute atomic E-state index is 0.268. The third-order valence-corrected chi connectivity index (χ3v) is 2.77. The van der Waals surface area contributed by atoms with E-state index in [1.807, 2.05) is 6.92 Å². The summed E-state index contributed by atoms with van der Waals surface area (Å²) < 4.78 is 45.5. The molecule has 1 aromatic carbocycles. The SMILES string of the molecule is CCCOC(=O)C(C)(C)Cc1cccc(OC(F)(F)F)c1. The standard InChI is InChI=1S/C15H19F3O3/c1-4-8-20-13(19)14(2,3)10-11-6-5-7-12(9-11)21-15(16,17)18/h5-7,9H,4,8,10H2,1-3H3. The van der Waals surface area contributed by atoms with E-state index in [0.717, 1.165) is 6.42 Å². The maximum absolute atomic E-state index is 12.2. The predicted molar refractivity (Wildman–Crippen MR) is 71.9 cm³/mol. The summed E-state index contributed by atoms with van der Waals surface area (Å²) in [5.74, 6) is -0.663. The highest BCUT2D eigenvalue weighted by atomic mass is 19.4. The van der Waals surface area contributed by atoms with Crippen LogP contribution in [-0.2, 0) is 16.0 Å². The lowest BCUT2D eigenvalue weighted by Gasteiger charge is -2.22. The molecule has 21 heavy (non-hydrogen) atoms. The Kier molecular flexibility index (Phi) is 5.63. The molecule has 0 aromatic heterocycles. The molecular formula is C15H19F3O3. The van der Waals surface area contributed by atoms with Gasteiger partial charge in [-0.25, -0.2) is 0 Å². The van der Waals surface area contributed by atoms with E-state index < -0.39 is 11.8 Å². The second kappa shape index (κ2) is 6.83. The zero-order valence-electron chi connectivity index (χ0n) is 12.3. The quantitative estimate of drug-likeness (QED) is 0.742. The van der Waals surface area contributed by atoms with Gasteiger partial charge in [0.05, 0.1) is 12.0 Å². The number of alkyl halides is 3. The van der Waals surface area contributed by atoms with E-state index in [1.54, 1.807) is 19.9 Å². The van der Waals surface area contributed by atoms with Crippen LogP contribution in [0.4, 0.5) is 13.2 Å². The maximum Gasteiger partial charge on any atom is 0.573 e. The van der Waals surface area contributed by atoms with Gasteiger partial charge in [-0.1, -0.05) is 19.1 Å². The third kappa shape index (κ3) is 6.06. The van der Waals surface area contributed by atoms with Gasteiger partial charge in [0.2, 0.25) is 0 Å². The van der Waals surface area contributed by atoms with Crippen molar-refractivity contribution in [3.8, 4) is 5.75 Å². The van der Waals surface area contributed by atoms with Crippen molar-refractivity contribution in [2.24, 2.45) is 5.41 Å². The van der Waals surface area contributed by atoms with Crippen molar-refractivity contribution < 1.29 is 27.4 Å². The molecule has 0 amide bonds. The summed E-state index contributed by atoms with van der Waals surface area (Å²) in [6, 6.07) is 5.61. The fourth-order valence-corrected chi connectivity index (χ4v) is 1.83. The molecule has 0 heterocycles. The van der Waals surface area contributed by atoms with Gasteiger partial charge in [0, 0.05) is 0 Å². The van der Waals surface area contributed by atoms with Crippen LogP contribution >= 0.6 is 0 Å². The zero-order valence-corrected chi connectivity index (χ0v) is 12.3. The topological polar surface area (TPSA) is 35.5 Å². The second-order valence-corrected chi connectivity index (χ2v) is 5.39. The molecule has 0 fully saturated rings. The number of benzene rings is 1. The number of carbonyl (C=O) groups is 1. The van der Waals surface area contributed by atoms with E-state index >= 15 is 0 Å². The minimum Gasteiger partial charge on any atom is -0.465 e. The number of halogens is 3. The van der Waals surface area contributed by atoms with Crippen molar-refractivity contribution in [1.82, 2.24) is 0 Å². The average molecular weight is 304 g/mol. The highest BCUT2D eigenvalue weighted by Crippen LogP contribution is 2.28. The van der Waals surface area contributed by atoms with Gasteiger partial charge in [-0.15, -0.1) is 13.2 Å². The van der Waals surface area contributed by atoms with Crippen LogP contribution < -0.4 is 4.74 Å². The summed E-state index contributed by atoms with van der Waals surface area (Å²) in [5.41, 5.74) is -0.235. The lowest BCUT2D eigenvalue weighted by atomic mass is 9.86. The van der Waals surface area contributed by atoms with E-state index in [9.17, 15) is 18.0 Å². The van der Waals surface area contributed by atoms with E-state index in [2.05, 4.69) is 4.74 Å². The van der Waals surface area contributed by atoms with E-state index in [4.69, 9.17) is 4.74 Å². The van der Waals surface area contributed by atoms with Gasteiger partial charge >= 0.3 is 12.3 Å². The Morgan fingerprint density at radius 2 is 1.90 bits per heavy atom. The van der Waals surface area contributed by atoms with Gasteiger partial charge in [-0.3, -0.25) is 4.79 Å². The molecule has 0 spiro atoms. The molecule has 0 saturated heterocycles. The number of hydrogen-bond acceptors (Lipinski definition) is 3. The van der Waals surface area contributed by atoms with Crippen molar-refractivity contribution in [1.29, 1.82) is 0 Å². The molecule has 0 saturated carbocycles. The van der Waals surface area contributed by atoms with Crippen molar-refractivity contribution in [2.45, 2.75) is 40.0 Å². The molecule has 0 aliphatic heterocycles. The molecule has 3 nitrogen and oxygen atoms in total. The zero-order chi connectivity index (χ0) is 16.1. The molecule has 1 aromatic rings. The molecule has 6 heteroatoms. The fraction of sp³-hybridized carbons (Fsp3) is 0.533. The summed E-state index contributed by atoms with van der Waals surface area (Å²) in [7, 11) is 0. The molecular weight excluding hydrogens is 285 g/mol. The van der Waals surface area contributed by atoms with Gasteiger partial charge in [-0.2, -0.15) is 0 Å². The van der Waals surface area contributed by atoms with Crippen LogP contribution in [-0.4, -0.2) is 18.9 Å². The average Bonchev–Trinajstić information content (AvgIpc) is 2.33. The second-order valence-electron chi connectivity index (χ2n) is 5.39. The molecule has 0 aliphatic carbocycles. The maximum atomic E-state index is 12.2. The van der Waals surface area contributed by atoms with Gasteiger partial charge in [0.25, 0.3) is 0 Å². The largest absolute Gasteiger partial charge is 0.573 e. The van der Waals surface area contributed by atoms with Crippen LogP contribution in [0.25, 0.3) is 0 Å². The summed E-state index contributed by atoms with van der Waals surface area (Å²) in [4.78, 5) is 11.9. The summed E-state index contributed by atoms with van der Waals surface area (Å²) in [5, 5.41) is 0. The van der Waals surface area contributed by atoms with Gasteiger partial charge in [-0.05, 0) is 44.4 Å². The first-order valence-electron chi connectivity index (χ1n) is 6.66. The summed E-state index contributed by atoms with van der Waals surface area (Å²) >= 11 is 0. The van der Waals surface area contributed by atoms with Crippen LogP contribution in [0.5, 0.6) is 5.75 Å². The highest BCUT2D eigenvalue weighted by Gasteiger charge is 2.32. The predicted octanol–water partition coefficient (Wildman–Crippen LogP) is 4.11. The molecule has 0 radical (unpaired) electrons. The number of carbonyl (C=O) groups excluding carboxylic acids is 1. The number of hydrogen-bond donors (Lipinski definition) is 0. The summed E-state index contributed by atoms with van der Waals surface area (Å²) in [6.07, 6.45) is -3.74. The fourth-order valence-electron chi connectivity index (χ4n) is 1.83. The van der Waals surface area contributed by atoms with Crippen molar-refractivity contribution in [3.05, 3.63) is 29.8 Å². The highest BCUT2D eigenvalue weighted by molar-refractivity contribution is 5.76. The molecule has 0 bridgehead atoms. The molecule has 0 aliphatic rings. The Hall–Kier alpha value is -1.72. The Bertz CT molecular complexity index is 481. The van der Waals surface area contributed by atoms with Crippen LogP contribution in [0, 0.1) is 5.41 Å². The van der Waals surface area contributed by atoms with Crippen molar-refractivity contribution in [2.75, 3.05) is 6.61 Å². The number of esters is 1. The van der Waals surface area contributed by atoms with E-state index in [1.165, 1.54) is 18.2 Å². The van der Waals surface area contributed by atoms with E-state index in [-0.39, 0.29) is 18.1 Å². The molecule has 0 unspecified atom stereocenters. The lowest BCUT2D eigenvalue weighted by molar-refractivity contribution is -0.274. The number of ether oxygens (including phenoxy) is 2. The molecule has 118 valence electrons. The molecule has 1 rings (SSSR count). The molecule has 0 atom stereocenters. The Labute approximate surface area is 122 Å². The van der Waals surface area contributed by atoms with Crippen LogP contribution in [0.3, 0.4) is 0 Å². The first-order valence-corrected chi connectivity index (χ1v) is 6.66. The lowest BCUT2D eigenvalue weighted by Crippen LogP contribution is -2.29. The number of rotatable bonds is 6. The van der Waals surface area contributed by atoms with E-state index in [0.29, 0.717) is 12.2 Å². The summed E-state index contributed by atoms with van der Waals surface area (Å²) in [6.45, 7) is 5.61. The van der Waals surface area contributed by atoms with Gasteiger partial charge < -0.3 is 9.47 Å². The monoisotopic (exact) mass is 304 g/mol. The first kappa shape index (κ1) is 17.3. The first-order chi connectivity index (χ1) is 9.64.